The highest BCUT2D eigenvalue weighted by atomic mass is 16.5. The first-order chi connectivity index (χ1) is 7.26. The third kappa shape index (κ3) is 3.81. The lowest BCUT2D eigenvalue weighted by Gasteiger charge is -1.98. The van der Waals surface area contributed by atoms with E-state index in [1.54, 1.807) is 13.3 Å². The van der Waals surface area contributed by atoms with Gasteiger partial charge in [-0.25, -0.2) is 0 Å². The average molecular weight is 208 g/mol. The molecule has 4 nitrogen and oxygen atoms in total. The average Bonchev–Trinajstić information content (AvgIpc) is 2.29. The Bertz CT molecular complexity index is 343. The molecule has 1 aromatic carbocycles. The number of hydrogen-bond acceptors (Lipinski definition) is 4. The van der Waals surface area contributed by atoms with Gasteiger partial charge in [-0.3, -0.25) is 9.79 Å². The number of carbonyl (C=O) groups is 1. The second-order valence-corrected chi connectivity index (χ2v) is 2.82. The third-order valence-electron chi connectivity index (χ3n) is 1.80. The molecule has 0 amide bonds. The molecular weight excluding hydrogens is 195 g/mol. The van der Waals surface area contributed by atoms with Crippen molar-refractivity contribution in [1.29, 1.82) is 0 Å². The predicted octanol–water partition coefficient (Wildman–Crippen LogP) is 1.29. The van der Waals surface area contributed by atoms with Crippen LogP contribution in [0.5, 0.6) is 5.75 Å². The fourth-order valence-corrected chi connectivity index (χ4v) is 0.980. The first-order valence-electron chi connectivity index (χ1n) is 4.47. The SMILES string of the molecule is COC(=O)C[15N]=Cc1ccc(OC)cc1. The zero-order chi connectivity index (χ0) is 11.1. The molecule has 0 aliphatic rings. The van der Waals surface area contributed by atoms with E-state index in [1.165, 1.54) is 7.11 Å². The molecule has 0 N–H and O–H groups in total. The molecule has 0 saturated heterocycles. The topological polar surface area (TPSA) is 47.9 Å². The number of carbonyl (C=O) groups excluding carboxylic acids is 1. The molecule has 15 heavy (non-hydrogen) atoms. The normalized spacial score (nSPS) is 10.3. The maximum Gasteiger partial charge on any atom is 0.327 e. The molecule has 0 atom stereocenters. The van der Waals surface area contributed by atoms with Crippen molar-refractivity contribution in [3.8, 4) is 5.75 Å². The van der Waals surface area contributed by atoms with E-state index >= 15 is 0 Å². The van der Waals surface area contributed by atoms with Gasteiger partial charge in [-0.15, -0.1) is 0 Å². The Balaban J connectivity index is 2.53. The summed E-state index contributed by atoms with van der Waals surface area (Å²) in [7, 11) is 2.95. The highest BCUT2D eigenvalue weighted by Gasteiger charge is 1.95. The summed E-state index contributed by atoms with van der Waals surface area (Å²) < 4.78 is 9.46. The van der Waals surface area contributed by atoms with Gasteiger partial charge in [0.25, 0.3) is 0 Å². The van der Waals surface area contributed by atoms with Crippen molar-refractivity contribution in [2.24, 2.45) is 4.99 Å². The van der Waals surface area contributed by atoms with E-state index in [2.05, 4.69) is 9.73 Å². The van der Waals surface area contributed by atoms with E-state index in [-0.39, 0.29) is 12.5 Å². The van der Waals surface area contributed by atoms with Crippen LogP contribution in [0, 0.1) is 0 Å². The molecule has 0 fully saturated rings. The molecule has 4 heteroatoms. The van der Waals surface area contributed by atoms with Gasteiger partial charge in [0.1, 0.15) is 12.3 Å². The van der Waals surface area contributed by atoms with Crippen LogP contribution in [0.4, 0.5) is 0 Å². The summed E-state index contributed by atoms with van der Waals surface area (Å²) in [6, 6.07) is 7.39. The number of ether oxygens (including phenoxy) is 2. The fraction of sp³-hybridized carbons (Fsp3) is 0.273. The van der Waals surface area contributed by atoms with E-state index in [0.717, 1.165) is 11.3 Å². The molecule has 0 heterocycles. The van der Waals surface area contributed by atoms with Crippen molar-refractivity contribution in [1.82, 2.24) is 0 Å². The lowest BCUT2D eigenvalue weighted by molar-refractivity contribution is -0.138. The van der Waals surface area contributed by atoms with E-state index in [0.29, 0.717) is 0 Å². The molecule has 0 radical (unpaired) electrons. The van der Waals surface area contributed by atoms with Crippen molar-refractivity contribution < 1.29 is 14.3 Å². The van der Waals surface area contributed by atoms with Gasteiger partial charge in [0, 0.05) is 6.21 Å². The Morgan fingerprint density at radius 2 is 2.00 bits per heavy atom. The van der Waals surface area contributed by atoms with Gasteiger partial charge in [0.15, 0.2) is 0 Å². The van der Waals surface area contributed by atoms with Crippen LogP contribution in [0.1, 0.15) is 5.56 Å². The maximum atomic E-state index is 10.7. The van der Waals surface area contributed by atoms with Gasteiger partial charge in [0.05, 0.1) is 14.2 Å². The number of aliphatic imine (C=N–C) groups is 1. The summed E-state index contributed by atoms with van der Waals surface area (Å²) in [5, 5.41) is 0. The lowest BCUT2D eigenvalue weighted by atomic mass is 10.2. The van der Waals surface area contributed by atoms with Crippen LogP contribution in [0.15, 0.2) is 29.3 Å². The van der Waals surface area contributed by atoms with Crippen LogP contribution in [0.2, 0.25) is 0 Å². The molecule has 0 saturated carbocycles. The van der Waals surface area contributed by atoms with Gasteiger partial charge in [-0.2, -0.15) is 0 Å². The minimum atomic E-state index is -0.347. The smallest absolute Gasteiger partial charge is 0.327 e. The first-order valence-corrected chi connectivity index (χ1v) is 4.47. The number of esters is 1. The molecule has 0 aliphatic heterocycles. The van der Waals surface area contributed by atoms with E-state index in [1.807, 2.05) is 24.3 Å². The summed E-state index contributed by atoms with van der Waals surface area (Å²) in [5.74, 6) is 0.444. The van der Waals surface area contributed by atoms with Crippen molar-refractivity contribution >= 4 is 12.2 Å². The number of benzene rings is 1. The zero-order valence-electron chi connectivity index (χ0n) is 8.77. The Morgan fingerprint density at radius 1 is 1.33 bits per heavy atom. The molecule has 1 aromatic rings. The number of methoxy groups -OCH3 is 2. The minimum Gasteiger partial charge on any atom is -0.497 e. The van der Waals surface area contributed by atoms with Crippen LogP contribution in [0.25, 0.3) is 0 Å². The second kappa shape index (κ2) is 5.80. The van der Waals surface area contributed by atoms with Gasteiger partial charge in [0.2, 0.25) is 0 Å². The fourth-order valence-electron chi connectivity index (χ4n) is 0.980. The quantitative estimate of drug-likeness (QED) is 0.425. The van der Waals surface area contributed by atoms with Crippen LogP contribution in [0.3, 0.4) is 0 Å². The van der Waals surface area contributed by atoms with Gasteiger partial charge >= 0.3 is 5.97 Å². The van der Waals surface area contributed by atoms with E-state index in [9.17, 15) is 4.79 Å². The highest BCUT2D eigenvalue weighted by molar-refractivity contribution is 5.82. The zero-order valence-corrected chi connectivity index (χ0v) is 8.77. The van der Waals surface area contributed by atoms with Crippen LogP contribution >= 0.6 is 0 Å². The molecule has 0 unspecified atom stereocenters. The standard InChI is InChI=1S/C11H13NO3/c1-14-10-5-3-9(4-6-10)7-12-8-11(13)15-2/h3-7H,8H2,1-2H3/i12+1. The van der Waals surface area contributed by atoms with E-state index in [4.69, 9.17) is 4.74 Å². The molecule has 0 spiro atoms. The number of nitrogens with zero attached hydrogens (tertiary/aromatic N) is 1. The predicted molar refractivity (Wildman–Crippen MR) is 57.5 cm³/mol. The Labute approximate surface area is 88.5 Å². The molecular formula is C11H13NO3. The molecule has 0 aliphatic carbocycles. The van der Waals surface area contributed by atoms with Crippen LogP contribution in [-0.2, 0) is 9.53 Å². The van der Waals surface area contributed by atoms with Crippen LogP contribution in [-0.4, -0.2) is 32.9 Å². The number of rotatable bonds is 4. The monoisotopic (exact) mass is 208 g/mol. The second-order valence-electron chi connectivity index (χ2n) is 2.82. The largest absolute Gasteiger partial charge is 0.497 e. The van der Waals surface area contributed by atoms with E-state index < -0.39 is 0 Å². The summed E-state index contributed by atoms with van der Waals surface area (Å²) in [4.78, 5) is 14.7. The first kappa shape index (κ1) is 11.2. The van der Waals surface area contributed by atoms with Gasteiger partial charge in [-0.05, 0) is 29.8 Å². The lowest BCUT2D eigenvalue weighted by Crippen LogP contribution is -2.04. The molecule has 80 valence electrons. The van der Waals surface area contributed by atoms with Crippen molar-refractivity contribution in [2.75, 3.05) is 20.8 Å². The Hall–Kier alpha value is -1.84. The minimum absolute atomic E-state index is 0.0442. The highest BCUT2D eigenvalue weighted by Crippen LogP contribution is 2.09. The molecule has 0 aromatic heterocycles. The maximum absolute atomic E-state index is 10.7. The number of hydrogen-bond donors (Lipinski definition) is 0. The Morgan fingerprint density at radius 3 is 2.53 bits per heavy atom. The summed E-state index contributed by atoms with van der Waals surface area (Å²) in [6.45, 7) is 0.0442. The summed E-state index contributed by atoms with van der Waals surface area (Å²) in [5.41, 5.74) is 0.916. The van der Waals surface area contributed by atoms with Gasteiger partial charge in [-0.1, -0.05) is 0 Å². The van der Waals surface area contributed by atoms with Crippen molar-refractivity contribution in [3.05, 3.63) is 29.8 Å². The van der Waals surface area contributed by atoms with Gasteiger partial charge < -0.3 is 9.47 Å². The third-order valence-corrected chi connectivity index (χ3v) is 1.80. The van der Waals surface area contributed by atoms with Crippen LogP contribution < -0.4 is 4.74 Å². The van der Waals surface area contributed by atoms with Crippen molar-refractivity contribution in [3.63, 3.8) is 0 Å². The Kier molecular flexibility index (Phi) is 4.34. The summed E-state index contributed by atoms with van der Waals surface area (Å²) in [6.07, 6.45) is 1.62. The van der Waals surface area contributed by atoms with Crippen molar-refractivity contribution in [2.45, 2.75) is 0 Å². The molecule has 1 rings (SSSR count). The summed E-state index contributed by atoms with van der Waals surface area (Å²) >= 11 is 0. The molecule has 0 bridgehead atoms.